The van der Waals surface area contributed by atoms with Crippen molar-refractivity contribution in [3.8, 4) is 11.4 Å². The molecule has 4 rings (SSSR count). The number of fused-ring (bicyclic) bond motifs is 1. The van der Waals surface area contributed by atoms with Gasteiger partial charge in [-0.25, -0.2) is 15.0 Å². The minimum Gasteiger partial charge on any atom is -0.370 e. The van der Waals surface area contributed by atoms with Crippen molar-refractivity contribution in [2.24, 2.45) is 0 Å². The van der Waals surface area contributed by atoms with E-state index in [-0.39, 0.29) is 0 Å². The van der Waals surface area contributed by atoms with Crippen LogP contribution in [0.2, 0.25) is 10.0 Å². The highest BCUT2D eigenvalue weighted by atomic mass is 35.5. The van der Waals surface area contributed by atoms with E-state index in [9.17, 15) is 0 Å². The van der Waals surface area contributed by atoms with E-state index in [0.717, 1.165) is 47.6 Å². The Morgan fingerprint density at radius 2 is 1.66 bits per heavy atom. The van der Waals surface area contributed by atoms with Gasteiger partial charge in [-0.3, -0.25) is 0 Å². The monoisotopic (exact) mass is 423 g/mol. The second-order valence-electron chi connectivity index (χ2n) is 6.46. The molecule has 0 aliphatic carbocycles. The van der Waals surface area contributed by atoms with Crippen LogP contribution in [-0.4, -0.2) is 28.0 Å². The first-order valence-electron chi connectivity index (χ1n) is 9.32. The molecule has 0 aliphatic heterocycles. The van der Waals surface area contributed by atoms with E-state index < -0.39 is 0 Å². The number of halogens is 2. The van der Waals surface area contributed by atoms with Crippen LogP contribution in [0, 0.1) is 0 Å². The van der Waals surface area contributed by atoms with Crippen LogP contribution in [-0.2, 0) is 0 Å². The molecule has 2 N–H and O–H groups in total. The predicted molar refractivity (Wildman–Crippen MR) is 121 cm³/mol. The maximum Gasteiger partial charge on any atom is 0.163 e. The first kappa shape index (κ1) is 19.4. The van der Waals surface area contributed by atoms with Crippen LogP contribution in [0.15, 0.2) is 66.9 Å². The number of anilines is 2. The molecule has 0 spiro atoms. The zero-order chi connectivity index (χ0) is 20.1. The van der Waals surface area contributed by atoms with Crippen molar-refractivity contribution in [2.45, 2.75) is 6.42 Å². The Hall–Kier alpha value is -2.89. The van der Waals surface area contributed by atoms with E-state index in [1.807, 2.05) is 48.5 Å². The molecule has 2 aromatic carbocycles. The number of benzene rings is 2. The Balaban J connectivity index is 1.51. The van der Waals surface area contributed by atoms with Gasteiger partial charge >= 0.3 is 0 Å². The van der Waals surface area contributed by atoms with Gasteiger partial charge in [0.2, 0.25) is 0 Å². The maximum atomic E-state index is 6.37. The third kappa shape index (κ3) is 4.75. The van der Waals surface area contributed by atoms with Crippen LogP contribution in [0.25, 0.3) is 22.3 Å². The van der Waals surface area contributed by atoms with Crippen molar-refractivity contribution in [1.29, 1.82) is 0 Å². The highest BCUT2D eigenvalue weighted by molar-refractivity contribution is 6.36. The fraction of sp³-hybridized carbons (Fsp3) is 0.136. The fourth-order valence-electron chi connectivity index (χ4n) is 2.98. The molecule has 0 saturated heterocycles. The zero-order valence-corrected chi connectivity index (χ0v) is 17.1. The summed E-state index contributed by atoms with van der Waals surface area (Å²) in [5.41, 5.74) is 1.61. The first-order chi connectivity index (χ1) is 14.2. The van der Waals surface area contributed by atoms with Gasteiger partial charge in [0, 0.05) is 35.3 Å². The Kier molecular flexibility index (Phi) is 6.08. The van der Waals surface area contributed by atoms with E-state index in [4.69, 9.17) is 28.2 Å². The smallest absolute Gasteiger partial charge is 0.163 e. The Bertz CT molecular complexity index is 1120. The largest absolute Gasteiger partial charge is 0.370 e. The van der Waals surface area contributed by atoms with Gasteiger partial charge in [0.05, 0.1) is 10.5 Å². The summed E-state index contributed by atoms with van der Waals surface area (Å²) >= 11 is 12.4. The maximum absolute atomic E-state index is 6.37. The van der Waals surface area contributed by atoms with Crippen LogP contribution >= 0.6 is 23.2 Å². The number of para-hydroxylation sites is 1. The molecule has 7 heteroatoms. The molecule has 146 valence electrons. The van der Waals surface area contributed by atoms with E-state index in [1.165, 1.54) is 0 Å². The van der Waals surface area contributed by atoms with Gasteiger partial charge < -0.3 is 10.6 Å². The molecule has 0 saturated carbocycles. The van der Waals surface area contributed by atoms with E-state index in [2.05, 4.69) is 20.6 Å². The lowest BCUT2D eigenvalue weighted by molar-refractivity contribution is 0.899. The molecule has 0 bridgehead atoms. The number of hydrogen-bond donors (Lipinski definition) is 2. The highest BCUT2D eigenvalue weighted by Crippen LogP contribution is 2.31. The van der Waals surface area contributed by atoms with Crippen LogP contribution in [0.4, 0.5) is 11.6 Å². The Labute approximate surface area is 179 Å². The lowest BCUT2D eigenvalue weighted by Gasteiger charge is -2.12. The van der Waals surface area contributed by atoms with Crippen LogP contribution < -0.4 is 10.6 Å². The minimum atomic E-state index is 0.526. The van der Waals surface area contributed by atoms with Gasteiger partial charge in [-0.2, -0.15) is 0 Å². The second kappa shape index (κ2) is 9.07. The third-order valence-electron chi connectivity index (χ3n) is 4.39. The van der Waals surface area contributed by atoms with E-state index in [1.54, 1.807) is 18.3 Å². The molecule has 2 heterocycles. The van der Waals surface area contributed by atoms with Crippen LogP contribution in [0.1, 0.15) is 6.42 Å². The van der Waals surface area contributed by atoms with Crippen molar-refractivity contribution in [3.63, 3.8) is 0 Å². The van der Waals surface area contributed by atoms with E-state index in [0.29, 0.717) is 15.9 Å². The average Bonchev–Trinajstić information content (AvgIpc) is 2.74. The third-order valence-corrected chi connectivity index (χ3v) is 4.94. The second-order valence-corrected chi connectivity index (χ2v) is 7.30. The Morgan fingerprint density at radius 1 is 0.828 bits per heavy atom. The topological polar surface area (TPSA) is 62.7 Å². The number of aromatic nitrogens is 3. The SMILES string of the molecule is Clc1ccc(-c2nc(NCCCNc3ccccn3)c3ccccc3n2)c(Cl)c1. The minimum absolute atomic E-state index is 0.526. The van der Waals surface area contributed by atoms with Crippen molar-refractivity contribution in [3.05, 3.63) is 76.9 Å². The molecule has 29 heavy (non-hydrogen) atoms. The van der Waals surface area contributed by atoms with Crippen molar-refractivity contribution >= 4 is 45.7 Å². The van der Waals surface area contributed by atoms with Crippen LogP contribution in [0.3, 0.4) is 0 Å². The summed E-state index contributed by atoms with van der Waals surface area (Å²) in [6, 6.07) is 19.1. The molecule has 0 radical (unpaired) electrons. The molecule has 0 amide bonds. The molecule has 4 aromatic rings. The average molecular weight is 424 g/mol. The molecule has 0 atom stereocenters. The number of hydrogen-bond acceptors (Lipinski definition) is 5. The lowest BCUT2D eigenvalue weighted by Crippen LogP contribution is -2.11. The van der Waals surface area contributed by atoms with Crippen molar-refractivity contribution in [2.75, 3.05) is 23.7 Å². The summed E-state index contributed by atoms with van der Waals surface area (Å²) < 4.78 is 0. The molecule has 2 aromatic heterocycles. The number of nitrogens with one attached hydrogen (secondary N) is 2. The fourth-order valence-corrected chi connectivity index (χ4v) is 3.47. The van der Waals surface area contributed by atoms with Crippen molar-refractivity contribution < 1.29 is 0 Å². The van der Waals surface area contributed by atoms with E-state index >= 15 is 0 Å². The number of rotatable bonds is 7. The molecular weight excluding hydrogens is 405 g/mol. The normalized spacial score (nSPS) is 10.8. The summed E-state index contributed by atoms with van der Waals surface area (Å²) in [6.45, 7) is 1.57. The molecule has 0 aliphatic rings. The summed E-state index contributed by atoms with van der Waals surface area (Å²) in [7, 11) is 0. The highest BCUT2D eigenvalue weighted by Gasteiger charge is 2.12. The molecular formula is C22H19Cl2N5. The summed E-state index contributed by atoms with van der Waals surface area (Å²) in [6.07, 6.45) is 2.68. The van der Waals surface area contributed by atoms with Gasteiger partial charge in [0.25, 0.3) is 0 Å². The molecule has 5 nitrogen and oxygen atoms in total. The summed E-state index contributed by atoms with van der Waals surface area (Å²) in [5, 5.41) is 8.82. The molecule has 0 unspecified atom stereocenters. The predicted octanol–water partition coefficient (Wildman–Crippen LogP) is 5.91. The number of nitrogens with zero attached hydrogens (tertiary/aromatic N) is 3. The zero-order valence-electron chi connectivity index (χ0n) is 15.6. The van der Waals surface area contributed by atoms with Gasteiger partial charge in [-0.05, 0) is 48.9 Å². The van der Waals surface area contributed by atoms with Crippen LogP contribution in [0.5, 0.6) is 0 Å². The van der Waals surface area contributed by atoms with Gasteiger partial charge in [-0.15, -0.1) is 0 Å². The van der Waals surface area contributed by atoms with Crippen molar-refractivity contribution in [1.82, 2.24) is 15.0 Å². The summed E-state index contributed by atoms with van der Waals surface area (Å²) in [5.74, 6) is 2.23. The first-order valence-corrected chi connectivity index (χ1v) is 10.1. The quantitative estimate of drug-likeness (QED) is 0.361. The van der Waals surface area contributed by atoms with Gasteiger partial charge in [0.15, 0.2) is 5.82 Å². The van der Waals surface area contributed by atoms with Gasteiger partial charge in [-0.1, -0.05) is 41.4 Å². The Morgan fingerprint density at radius 3 is 2.48 bits per heavy atom. The standard InChI is InChI=1S/C22H19Cl2N5/c23-15-9-10-16(18(24)14-15)22-28-19-7-2-1-6-17(19)21(29-22)27-13-5-12-26-20-8-3-4-11-25-20/h1-4,6-11,14H,5,12-13H2,(H,25,26)(H,27,28,29). The molecule has 0 fully saturated rings. The van der Waals surface area contributed by atoms with Gasteiger partial charge in [0.1, 0.15) is 11.6 Å². The number of pyridine rings is 1. The summed E-state index contributed by atoms with van der Waals surface area (Å²) in [4.78, 5) is 13.7. The lowest BCUT2D eigenvalue weighted by atomic mass is 10.1.